The average molecular weight is 370 g/mol. The van der Waals surface area contributed by atoms with Gasteiger partial charge in [-0.3, -0.25) is 0 Å². The number of benzene rings is 1. The molecule has 1 aromatic carbocycles. The first-order valence-corrected chi connectivity index (χ1v) is 7.33. The van der Waals surface area contributed by atoms with Crippen LogP contribution in [0.1, 0.15) is 25.3 Å². The van der Waals surface area contributed by atoms with Crippen molar-refractivity contribution in [3.8, 4) is 0 Å². The Kier molecular flexibility index (Phi) is 4.40. The van der Waals surface area contributed by atoms with Gasteiger partial charge in [-0.05, 0) is 55.5 Å². The fraction of sp³-hybridized carbons (Fsp3) is 0.214. The van der Waals surface area contributed by atoms with Crippen LogP contribution >= 0.6 is 31.9 Å². The van der Waals surface area contributed by atoms with Gasteiger partial charge in [0, 0.05) is 16.4 Å². The van der Waals surface area contributed by atoms with Crippen LogP contribution in [0.25, 0.3) is 0 Å². The van der Waals surface area contributed by atoms with E-state index in [-0.39, 0.29) is 0 Å². The first-order valence-electron chi connectivity index (χ1n) is 5.75. The number of hydrogen-bond acceptors (Lipinski definition) is 2. The molecular formula is C14H14Br2N2. The second kappa shape index (κ2) is 5.85. The maximum absolute atomic E-state index is 4.37. The summed E-state index contributed by atoms with van der Waals surface area (Å²) in [4.78, 5) is 4.37. The van der Waals surface area contributed by atoms with Crippen molar-refractivity contribution in [1.29, 1.82) is 0 Å². The summed E-state index contributed by atoms with van der Waals surface area (Å²) in [5.41, 5.74) is 2.39. The lowest BCUT2D eigenvalue weighted by Crippen LogP contribution is -1.99. The number of anilines is 2. The molecule has 18 heavy (non-hydrogen) atoms. The molecule has 0 aliphatic rings. The van der Waals surface area contributed by atoms with Crippen molar-refractivity contribution in [2.24, 2.45) is 0 Å². The topological polar surface area (TPSA) is 24.9 Å². The van der Waals surface area contributed by atoms with Gasteiger partial charge in [0.05, 0.1) is 4.47 Å². The van der Waals surface area contributed by atoms with Gasteiger partial charge in [-0.2, -0.15) is 0 Å². The van der Waals surface area contributed by atoms with Crippen molar-refractivity contribution >= 4 is 43.4 Å². The summed E-state index contributed by atoms with van der Waals surface area (Å²) in [6, 6.07) is 10.3. The highest BCUT2D eigenvalue weighted by Crippen LogP contribution is 2.30. The van der Waals surface area contributed by atoms with Crippen LogP contribution in [-0.4, -0.2) is 4.98 Å². The van der Waals surface area contributed by atoms with Crippen LogP contribution in [0, 0.1) is 0 Å². The molecule has 0 atom stereocenters. The molecular weight excluding hydrogens is 356 g/mol. The van der Waals surface area contributed by atoms with Gasteiger partial charge in [-0.1, -0.05) is 32.0 Å². The van der Waals surface area contributed by atoms with Gasteiger partial charge in [-0.15, -0.1) is 0 Å². The van der Waals surface area contributed by atoms with E-state index in [2.05, 4.69) is 74.2 Å². The lowest BCUT2D eigenvalue weighted by atomic mass is 10.0. The van der Waals surface area contributed by atoms with Crippen LogP contribution in [0.15, 0.2) is 45.5 Å². The lowest BCUT2D eigenvalue weighted by Gasteiger charge is -2.14. The van der Waals surface area contributed by atoms with E-state index >= 15 is 0 Å². The molecule has 0 aliphatic heterocycles. The summed E-state index contributed by atoms with van der Waals surface area (Å²) in [5.74, 6) is 1.30. The predicted octanol–water partition coefficient (Wildman–Crippen LogP) is 5.47. The molecule has 0 saturated carbocycles. The number of nitrogens with one attached hydrogen (secondary N) is 1. The molecule has 94 valence electrons. The van der Waals surface area contributed by atoms with Gasteiger partial charge in [0.25, 0.3) is 0 Å². The summed E-state index contributed by atoms with van der Waals surface area (Å²) < 4.78 is 1.90. The highest BCUT2D eigenvalue weighted by molar-refractivity contribution is 9.11. The number of para-hydroxylation sites is 1. The van der Waals surface area contributed by atoms with E-state index in [4.69, 9.17) is 0 Å². The van der Waals surface area contributed by atoms with Crippen LogP contribution in [0.5, 0.6) is 0 Å². The Balaban J connectivity index is 2.34. The van der Waals surface area contributed by atoms with Gasteiger partial charge in [0.15, 0.2) is 0 Å². The fourth-order valence-electron chi connectivity index (χ4n) is 1.75. The predicted molar refractivity (Wildman–Crippen MR) is 83.5 cm³/mol. The Hall–Kier alpha value is -0.870. The van der Waals surface area contributed by atoms with E-state index in [1.54, 1.807) is 6.20 Å². The molecule has 0 bridgehead atoms. The highest BCUT2D eigenvalue weighted by atomic mass is 79.9. The number of aromatic nitrogens is 1. The van der Waals surface area contributed by atoms with E-state index in [0.29, 0.717) is 5.92 Å². The van der Waals surface area contributed by atoms with Gasteiger partial charge >= 0.3 is 0 Å². The Morgan fingerprint density at radius 2 is 1.89 bits per heavy atom. The minimum absolute atomic E-state index is 0.475. The van der Waals surface area contributed by atoms with E-state index in [1.165, 1.54) is 5.56 Å². The molecule has 0 aliphatic carbocycles. The molecule has 0 radical (unpaired) electrons. The fourth-order valence-corrected chi connectivity index (χ4v) is 2.84. The number of nitrogens with zero attached hydrogens (tertiary/aromatic N) is 1. The van der Waals surface area contributed by atoms with Crippen LogP contribution in [0.2, 0.25) is 0 Å². The molecule has 4 heteroatoms. The van der Waals surface area contributed by atoms with Crippen molar-refractivity contribution in [1.82, 2.24) is 4.98 Å². The minimum Gasteiger partial charge on any atom is -0.339 e. The smallest absolute Gasteiger partial charge is 0.144 e. The van der Waals surface area contributed by atoms with Crippen LogP contribution in [0.4, 0.5) is 11.5 Å². The number of hydrogen-bond donors (Lipinski definition) is 1. The zero-order valence-corrected chi connectivity index (χ0v) is 13.4. The van der Waals surface area contributed by atoms with E-state index < -0.39 is 0 Å². The molecule has 0 spiro atoms. The second-order valence-electron chi connectivity index (χ2n) is 4.35. The monoisotopic (exact) mass is 368 g/mol. The van der Waals surface area contributed by atoms with Crippen LogP contribution in [-0.2, 0) is 0 Å². The van der Waals surface area contributed by atoms with Gasteiger partial charge in [-0.25, -0.2) is 4.98 Å². The summed E-state index contributed by atoms with van der Waals surface area (Å²) in [6.45, 7) is 4.37. The zero-order chi connectivity index (χ0) is 13.1. The standard InChI is InChI=1S/C14H14Br2N2/c1-9(2)11-5-3-4-6-13(11)18-14-12(16)7-10(15)8-17-14/h3-9H,1-2H3,(H,17,18). The maximum Gasteiger partial charge on any atom is 0.144 e. The average Bonchev–Trinajstić information content (AvgIpc) is 2.33. The summed E-state index contributed by atoms with van der Waals surface area (Å²) >= 11 is 6.91. The van der Waals surface area contributed by atoms with Gasteiger partial charge in [0.1, 0.15) is 5.82 Å². The molecule has 1 N–H and O–H groups in total. The van der Waals surface area contributed by atoms with Gasteiger partial charge in [0.2, 0.25) is 0 Å². The SMILES string of the molecule is CC(C)c1ccccc1Nc1ncc(Br)cc1Br. The molecule has 2 nitrogen and oxygen atoms in total. The molecule has 0 fully saturated rings. The van der Waals surface area contributed by atoms with Crippen molar-refractivity contribution in [3.63, 3.8) is 0 Å². The summed E-state index contributed by atoms with van der Waals surface area (Å²) in [5, 5.41) is 3.37. The normalized spacial score (nSPS) is 10.7. The summed E-state index contributed by atoms with van der Waals surface area (Å²) in [6.07, 6.45) is 1.78. The molecule has 1 aromatic heterocycles. The molecule has 0 saturated heterocycles. The second-order valence-corrected chi connectivity index (χ2v) is 6.12. The minimum atomic E-state index is 0.475. The largest absolute Gasteiger partial charge is 0.339 e. The lowest BCUT2D eigenvalue weighted by molar-refractivity contribution is 0.869. The highest BCUT2D eigenvalue weighted by Gasteiger charge is 2.08. The Morgan fingerprint density at radius 3 is 2.56 bits per heavy atom. The van der Waals surface area contributed by atoms with Crippen molar-refractivity contribution in [2.45, 2.75) is 19.8 Å². The van der Waals surface area contributed by atoms with Crippen molar-refractivity contribution in [3.05, 3.63) is 51.0 Å². The molecule has 2 aromatic rings. The number of rotatable bonds is 3. The van der Waals surface area contributed by atoms with Crippen LogP contribution in [0.3, 0.4) is 0 Å². The summed E-state index contributed by atoms with van der Waals surface area (Å²) in [7, 11) is 0. The molecule has 2 rings (SSSR count). The first-order chi connectivity index (χ1) is 8.58. The number of halogens is 2. The first kappa shape index (κ1) is 13.6. The van der Waals surface area contributed by atoms with E-state index in [9.17, 15) is 0 Å². The quantitative estimate of drug-likeness (QED) is 0.775. The van der Waals surface area contributed by atoms with Crippen LogP contribution < -0.4 is 5.32 Å². The Labute approximate surface area is 124 Å². The van der Waals surface area contributed by atoms with Crippen molar-refractivity contribution in [2.75, 3.05) is 5.32 Å². The molecule has 1 heterocycles. The zero-order valence-electron chi connectivity index (χ0n) is 10.2. The third-order valence-electron chi connectivity index (χ3n) is 2.64. The Bertz CT molecular complexity index is 553. The molecule has 0 amide bonds. The third-order valence-corrected chi connectivity index (χ3v) is 3.68. The molecule has 0 unspecified atom stereocenters. The Morgan fingerprint density at radius 1 is 1.17 bits per heavy atom. The van der Waals surface area contributed by atoms with Gasteiger partial charge < -0.3 is 5.32 Å². The van der Waals surface area contributed by atoms with Crippen molar-refractivity contribution < 1.29 is 0 Å². The number of pyridine rings is 1. The third kappa shape index (κ3) is 3.12. The maximum atomic E-state index is 4.37. The van der Waals surface area contributed by atoms with E-state index in [0.717, 1.165) is 20.5 Å². The van der Waals surface area contributed by atoms with E-state index in [1.807, 2.05) is 12.1 Å².